The molecule has 0 N–H and O–H groups in total. The summed E-state index contributed by atoms with van der Waals surface area (Å²) in [7, 11) is 0. The van der Waals surface area contributed by atoms with Crippen molar-refractivity contribution in [1.82, 2.24) is 14.5 Å². The van der Waals surface area contributed by atoms with E-state index in [1.54, 1.807) is 0 Å². The average Bonchev–Trinajstić information content (AvgIpc) is 3.75. The zero-order valence-electron chi connectivity index (χ0n) is 36.5. The number of para-hydroxylation sites is 3. The second-order valence-corrected chi connectivity index (χ2v) is 17.3. The smallest absolute Gasteiger partial charge is 0.160 e. The molecule has 0 saturated heterocycles. The molecule has 13 aromatic rings. The summed E-state index contributed by atoms with van der Waals surface area (Å²) in [5, 5.41) is 9.88. The van der Waals surface area contributed by atoms with Crippen LogP contribution in [-0.4, -0.2) is 14.5 Å². The monoisotopic (exact) mass is 851 g/mol. The van der Waals surface area contributed by atoms with Crippen LogP contribution in [-0.2, 0) is 0 Å². The highest BCUT2D eigenvalue weighted by Gasteiger charge is 2.21. The Balaban J connectivity index is 1.01. The van der Waals surface area contributed by atoms with E-state index >= 15 is 0 Å². The number of aromatic nitrogens is 3. The first-order chi connectivity index (χ1) is 33.2. The average molecular weight is 852 g/mol. The van der Waals surface area contributed by atoms with Crippen molar-refractivity contribution in [2.75, 3.05) is 0 Å². The molecule has 0 aliphatic carbocycles. The zero-order chi connectivity index (χ0) is 44.3. The van der Waals surface area contributed by atoms with E-state index in [0.29, 0.717) is 5.82 Å². The Labute approximate surface area is 388 Å². The van der Waals surface area contributed by atoms with Gasteiger partial charge >= 0.3 is 0 Å². The molecule has 0 aliphatic rings. The van der Waals surface area contributed by atoms with E-state index in [-0.39, 0.29) is 0 Å². The molecule has 0 saturated carbocycles. The highest BCUT2D eigenvalue weighted by molar-refractivity contribution is 6.20. The van der Waals surface area contributed by atoms with Crippen LogP contribution < -0.4 is 0 Å². The number of hydrogen-bond donors (Lipinski definition) is 0. The Morgan fingerprint density at radius 2 is 0.881 bits per heavy atom. The van der Waals surface area contributed by atoms with Crippen LogP contribution in [0.3, 0.4) is 0 Å². The SMILES string of the molecule is c1ccc(-c2cccc(-c3cc(-c4ccccc4-c4cccc5c6ccccc6n(-c6ccccc6)c45)nc(-c4ccc(-c5c6ccccc6cc6c5ccc5ccccc56)cc4)n3)c2)cc1. The van der Waals surface area contributed by atoms with E-state index in [9.17, 15) is 0 Å². The number of hydrogen-bond acceptors (Lipinski definition) is 2. The number of nitrogens with zero attached hydrogens (tertiary/aromatic N) is 3. The molecular weight excluding hydrogens is 811 g/mol. The summed E-state index contributed by atoms with van der Waals surface area (Å²) in [6, 6.07) is 89.4. The molecule has 3 heteroatoms. The van der Waals surface area contributed by atoms with E-state index in [1.165, 1.54) is 54.2 Å². The quantitative estimate of drug-likeness (QED) is 0.118. The predicted octanol–water partition coefficient (Wildman–Crippen LogP) is 17.0. The minimum absolute atomic E-state index is 0.671. The maximum absolute atomic E-state index is 5.49. The zero-order valence-corrected chi connectivity index (χ0v) is 36.5. The maximum Gasteiger partial charge on any atom is 0.160 e. The largest absolute Gasteiger partial charge is 0.309 e. The Hall–Kier alpha value is -8.92. The first kappa shape index (κ1) is 38.5. The van der Waals surface area contributed by atoms with Gasteiger partial charge in [0.25, 0.3) is 0 Å². The van der Waals surface area contributed by atoms with Crippen molar-refractivity contribution in [3.63, 3.8) is 0 Å². The van der Waals surface area contributed by atoms with E-state index in [2.05, 4.69) is 253 Å². The van der Waals surface area contributed by atoms with Crippen molar-refractivity contribution >= 4 is 54.1 Å². The van der Waals surface area contributed by atoms with E-state index in [0.717, 1.165) is 67.1 Å². The first-order valence-electron chi connectivity index (χ1n) is 22.9. The molecule has 0 unspecified atom stereocenters. The van der Waals surface area contributed by atoms with Crippen molar-refractivity contribution in [1.29, 1.82) is 0 Å². The van der Waals surface area contributed by atoms with Crippen LogP contribution in [0.2, 0.25) is 0 Å². The second kappa shape index (κ2) is 16.0. The lowest BCUT2D eigenvalue weighted by Gasteiger charge is -2.16. The van der Waals surface area contributed by atoms with Crippen LogP contribution >= 0.6 is 0 Å². The number of benzene rings is 11. The van der Waals surface area contributed by atoms with Gasteiger partial charge in [0.1, 0.15) is 0 Å². The summed E-state index contributed by atoms with van der Waals surface area (Å²) in [6.07, 6.45) is 0. The molecule has 3 nitrogen and oxygen atoms in total. The van der Waals surface area contributed by atoms with Crippen molar-refractivity contribution in [3.8, 4) is 73.0 Å². The van der Waals surface area contributed by atoms with Gasteiger partial charge in [0, 0.05) is 38.7 Å². The van der Waals surface area contributed by atoms with Gasteiger partial charge in [-0.25, -0.2) is 9.97 Å². The van der Waals surface area contributed by atoms with Crippen LogP contribution in [0.5, 0.6) is 0 Å². The topological polar surface area (TPSA) is 30.7 Å². The fraction of sp³-hybridized carbons (Fsp3) is 0. The van der Waals surface area contributed by atoms with Gasteiger partial charge in [0.2, 0.25) is 0 Å². The van der Waals surface area contributed by atoms with Crippen molar-refractivity contribution in [2.24, 2.45) is 0 Å². The fourth-order valence-electron chi connectivity index (χ4n) is 10.3. The van der Waals surface area contributed by atoms with Gasteiger partial charge in [-0.1, -0.05) is 212 Å². The Morgan fingerprint density at radius 1 is 0.284 bits per heavy atom. The summed E-state index contributed by atoms with van der Waals surface area (Å²) in [5.41, 5.74) is 15.1. The second-order valence-electron chi connectivity index (χ2n) is 17.3. The normalized spacial score (nSPS) is 11.6. The third-order valence-corrected chi connectivity index (χ3v) is 13.4. The van der Waals surface area contributed by atoms with Gasteiger partial charge < -0.3 is 4.57 Å². The van der Waals surface area contributed by atoms with E-state index in [1.807, 2.05) is 0 Å². The summed E-state index contributed by atoms with van der Waals surface area (Å²) >= 11 is 0. The molecule has 0 atom stereocenters. The minimum atomic E-state index is 0.671. The molecule has 0 bridgehead atoms. The lowest BCUT2D eigenvalue weighted by atomic mass is 9.89. The Bertz CT molecular complexity index is 4020. The van der Waals surface area contributed by atoms with E-state index < -0.39 is 0 Å². The fourth-order valence-corrected chi connectivity index (χ4v) is 10.3. The molecule has 0 radical (unpaired) electrons. The summed E-state index contributed by atoms with van der Waals surface area (Å²) < 4.78 is 2.41. The molecule has 2 aromatic heterocycles. The number of rotatable bonds is 7. The van der Waals surface area contributed by atoms with Gasteiger partial charge in [-0.2, -0.15) is 0 Å². The molecular formula is C64H41N3. The van der Waals surface area contributed by atoms with Gasteiger partial charge in [-0.05, 0) is 96.5 Å². The predicted molar refractivity (Wildman–Crippen MR) is 282 cm³/mol. The molecule has 0 fully saturated rings. The summed E-state index contributed by atoms with van der Waals surface area (Å²) in [4.78, 5) is 10.9. The van der Waals surface area contributed by atoms with Crippen molar-refractivity contribution in [3.05, 3.63) is 249 Å². The van der Waals surface area contributed by atoms with Gasteiger partial charge in [-0.15, -0.1) is 0 Å². The molecule has 13 rings (SSSR count). The van der Waals surface area contributed by atoms with E-state index in [4.69, 9.17) is 9.97 Å². The first-order valence-corrected chi connectivity index (χ1v) is 22.9. The van der Waals surface area contributed by atoms with Crippen molar-refractivity contribution in [2.45, 2.75) is 0 Å². The summed E-state index contributed by atoms with van der Waals surface area (Å²) in [5.74, 6) is 0.671. The molecule has 11 aromatic carbocycles. The Morgan fingerprint density at radius 3 is 1.72 bits per heavy atom. The molecule has 2 heterocycles. The molecule has 67 heavy (non-hydrogen) atoms. The minimum Gasteiger partial charge on any atom is -0.309 e. The lowest BCUT2D eigenvalue weighted by Crippen LogP contribution is -1.98. The Kier molecular flexibility index (Phi) is 9.17. The van der Waals surface area contributed by atoms with Crippen LogP contribution in [0.1, 0.15) is 0 Å². The van der Waals surface area contributed by atoms with Gasteiger partial charge in [0.15, 0.2) is 5.82 Å². The molecule has 0 amide bonds. The standard InChI is InChI=1S/C64H41N3/c1-3-17-42(18-4-1)46-21-15-22-48(39-46)59-41-60(53-28-12-11-27-52(53)56-30-16-31-57-54-29-13-14-32-61(54)67(63(56)57)49-23-5-2-6-24-49)66-64(65-59)45-35-33-44(34-36-45)62-51-26-10-8-20-47(51)40-58-50-25-9-7-19-43(50)37-38-55(58)62/h1-41H. The maximum atomic E-state index is 5.49. The van der Waals surface area contributed by atoms with Crippen LogP contribution in [0, 0.1) is 0 Å². The highest BCUT2D eigenvalue weighted by atomic mass is 15.0. The van der Waals surface area contributed by atoms with Crippen LogP contribution in [0.4, 0.5) is 0 Å². The summed E-state index contributed by atoms with van der Waals surface area (Å²) in [6.45, 7) is 0. The van der Waals surface area contributed by atoms with Crippen LogP contribution in [0.15, 0.2) is 249 Å². The molecule has 0 aliphatic heterocycles. The molecule has 0 spiro atoms. The highest BCUT2D eigenvalue weighted by Crippen LogP contribution is 2.43. The van der Waals surface area contributed by atoms with Gasteiger partial charge in [-0.3, -0.25) is 0 Å². The third-order valence-electron chi connectivity index (χ3n) is 13.4. The lowest BCUT2D eigenvalue weighted by molar-refractivity contribution is 1.18. The van der Waals surface area contributed by atoms with Crippen LogP contribution in [0.25, 0.3) is 127 Å². The van der Waals surface area contributed by atoms with Crippen molar-refractivity contribution < 1.29 is 0 Å². The number of fused-ring (bicyclic) bond motifs is 7. The van der Waals surface area contributed by atoms with Gasteiger partial charge in [0.05, 0.1) is 22.4 Å². The molecule has 312 valence electrons. The third kappa shape index (κ3) is 6.59.